The summed E-state index contributed by atoms with van der Waals surface area (Å²) in [5.41, 5.74) is 0. The zero-order valence-electron chi connectivity index (χ0n) is 11.5. The van der Waals surface area contributed by atoms with Crippen molar-refractivity contribution in [3.8, 4) is 0 Å². The Kier molecular flexibility index (Phi) is 5.73. The number of carbonyl (C=O) groups excluding carboxylic acids is 1. The molecule has 20 heavy (non-hydrogen) atoms. The van der Waals surface area contributed by atoms with Crippen molar-refractivity contribution in [2.24, 2.45) is 0 Å². The molecule has 0 bridgehead atoms. The summed E-state index contributed by atoms with van der Waals surface area (Å²) in [5, 5.41) is 0. The maximum atomic E-state index is 12.1. The number of hydrogen-bond donors (Lipinski definition) is 0. The van der Waals surface area contributed by atoms with Crippen molar-refractivity contribution >= 4 is 32.0 Å². The van der Waals surface area contributed by atoms with Crippen LogP contribution in [0.5, 0.6) is 0 Å². The highest BCUT2D eigenvalue weighted by Gasteiger charge is 2.32. The van der Waals surface area contributed by atoms with Crippen LogP contribution in [0.4, 0.5) is 0 Å². The number of methoxy groups -OCH3 is 1. The molecule has 0 fully saturated rings. The molecular formula is C13H17BrO5S. The van der Waals surface area contributed by atoms with Crippen molar-refractivity contribution in [3.05, 3.63) is 30.3 Å². The van der Waals surface area contributed by atoms with Crippen LogP contribution >= 0.6 is 15.9 Å². The lowest BCUT2D eigenvalue weighted by Crippen LogP contribution is -2.33. The Labute approximate surface area is 127 Å². The van der Waals surface area contributed by atoms with Gasteiger partial charge in [0, 0.05) is 10.7 Å². The first kappa shape index (κ1) is 17.1. The van der Waals surface area contributed by atoms with E-state index in [1.54, 1.807) is 32.0 Å². The molecule has 0 saturated heterocycles. The fourth-order valence-electron chi connectivity index (χ4n) is 1.52. The van der Waals surface area contributed by atoms with Gasteiger partial charge in [-0.25, -0.2) is 4.79 Å². The molecule has 1 aromatic carbocycles. The van der Waals surface area contributed by atoms with E-state index in [1.165, 1.54) is 19.2 Å². The summed E-state index contributed by atoms with van der Waals surface area (Å²) in [6.07, 6.45) is -1.04. The highest BCUT2D eigenvalue weighted by atomic mass is 79.9. The predicted molar refractivity (Wildman–Crippen MR) is 78.1 cm³/mol. The second kappa shape index (κ2) is 6.69. The Balaban J connectivity index is 2.98. The van der Waals surface area contributed by atoms with Crippen LogP contribution in [0.25, 0.3) is 0 Å². The largest absolute Gasteiger partial charge is 0.467 e. The van der Waals surface area contributed by atoms with E-state index in [2.05, 4.69) is 20.7 Å². The number of esters is 1. The normalized spacial score (nSPS) is 13.8. The molecule has 0 aliphatic rings. The first-order chi connectivity index (χ1) is 9.15. The van der Waals surface area contributed by atoms with E-state index < -0.39 is 26.5 Å². The molecule has 0 saturated carbocycles. The molecule has 0 unspecified atom stereocenters. The molecule has 0 aromatic heterocycles. The first-order valence-electron chi connectivity index (χ1n) is 5.91. The third kappa shape index (κ3) is 5.22. The monoisotopic (exact) mass is 364 g/mol. The number of carbonyl (C=O) groups is 1. The smallest absolute Gasteiger partial charge is 0.336 e. The van der Waals surface area contributed by atoms with E-state index in [1.807, 2.05) is 0 Å². The minimum atomic E-state index is -4.01. The molecule has 0 aliphatic heterocycles. The van der Waals surface area contributed by atoms with Crippen LogP contribution < -0.4 is 0 Å². The van der Waals surface area contributed by atoms with Crippen LogP contribution in [0.15, 0.2) is 35.2 Å². The van der Waals surface area contributed by atoms with Crippen LogP contribution in [-0.4, -0.2) is 31.9 Å². The predicted octanol–water partition coefficient (Wildman–Crippen LogP) is 2.50. The maximum absolute atomic E-state index is 12.1. The number of ether oxygens (including phenoxy) is 1. The van der Waals surface area contributed by atoms with Gasteiger partial charge in [0.1, 0.15) is 0 Å². The Hall–Kier alpha value is -0.920. The lowest BCUT2D eigenvalue weighted by atomic mass is 10.1. The van der Waals surface area contributed by atoms with Gasteiger partial charge in [-0.05, 0) is 26.0 Å². The zero-order valence-corrected chi connectivity index (χ0v) is 13.9. The van der Waals surface area contributed by atoms with Gasteiger partial charge in [-0.3, -0.25) is 4.18 Å². The third-order valence-corrected chi connectivity index (χ3v) is 4.07. The summed E-state index contributed by atoms with van der Waals surface area (Å²) < 4.78 is 33.4. The Morgan fingerprint density at radius 1 is 1.30 bits per heavy atom. The Bertz CT molecular complexity index is 548. The van der Waals surface area contributed by atoms with Gasteiger partial charge in [0.2, 0.25) is 0 Å². The fraction of sp³-hybridized carbons (Fsp3) is 0.462. The number of hydrogen-bond acceptors (Lipinski definition) is 5. The van der Waals surface area contributed by atoms with E-state index in [0.29, 0.717) is 0 Å². The van der Waals surface area contributed by atoms with Gasteiger partial charge in [0.25, 0.3) is 10.1 Å². The minimum absolute atomic E-state index is 0.00119. The molecular weight excluding hydrogens is 348 g/mol. The van der Waals surface area contributed by atoms with Gasteiger partial charge in [-0.15, -0.1) is 0 Å². The average Bonchev–Trinajstić information content (AvgIpc) is 2.36. The number of halogens is 1. The van der Waals surface area contributed by atoms with E-state index in [0.717, 1.165) is 0 Å². The van der Waals surface area contributed by atoms with Crippen LogP contribution in [0.3, 0.4) is 0 Å². The van der Waals surface area contributed by atoms with Crippen LogP contribution in [0.1, 0.15) is 20.3 Å². The van der Waals surface area contributed by atoms with Crippen molar-refractivity contribution in [2.75, 3.05) is 7.11 Å². The highest BCUT2D eigenvalue weighted by Crippen LogP contribution is 2.26. The fourth-order valence-corrected chi connectivity index (χ4v) is 2.87. The second-order valence-electron chi connectivity index (χ2n) is 4.80. The minimum Gasteiger partial charge on any atom is -0.467 e. The molecule has 7 heteroatoms. The van der Waals surface area contributed by atoms with Gasteiger partial charge < -0.3 is 4.74 Å². The van der Waals surface area contributed by atoms with Gasteiger partial charge in [0.05, 0.1) is 12.0 Å². The van der Waals surface area contributed by atoms with Crippen LogP contribution in [-0.2, 0) is 23.8 Å². The van der Waals surface area contributed by atoms with E-state index in [4.69, 9.17) is 4.18 Å². The summed E-state index contributed by atoms with van der Waals surface area (Å²) >= 11 is 3.36. The van der Waals surface area contributed by atoms with Crippen molar-refractivity contribution in [2.45, 2.75) is 35.6 Å². The molecule has 112 valence electrons. The third-order valence-electron chi connectivity index (χ3n) is 2.41. The van der Waals surface area contributed by atoms with E-state index in [9.17, 15) is 13.2 Å². The average molecular weight is 365 g/mol. The summed E-state index contributed by atoms with van der Waals surface area (Å²) in [5.74, 6) is -0.725. The van der Waals surface area contributed by atoms with Gasteiger partial charge in [-0.1, -0.05) is 34.1 Å². The van der Waals surface area contributed by atoms with Crippen LogP contribution in [0, 0.1) is 0 Å². The molecule has 0 N–H and O–H groups in total. The Morgan fingerprint density at radius 2 is 1.85 bits per heavy atom. The molecule has 1 aromatic rings. The van der Waals surface area contributed by atoms with Gasteiger partial charge >= 0.3 is 5.97 Å². The summed E-state index contributed by atoms with van der Waals surface area (Å²) in [6.45, 7) is 3.61. The summed E-state index contributed by atoms with van der Waals surface area (Å²) in [4.78, 5) is 11.7. The van der Waals surface area contributed by atoms with E-state index in [-0.39, 0.29) is 11.3 Å². The lowest BCUT2D eigenvalue weighted by molar-refractivity contribution is -0.149. The molecule has 1 atom stereocenters. The second-order valence-corrected chi connectivity index (χ2v) is 8.52. The van der Waals surface area contributed by atoms with Crippen molar-refractivity contribution in [1.29, 1.82) is 0 Å². The standard InChI is InChI=1S/C13H17BrO5S/c1-13(2,14)9-11(12(15)18-3)19-20(16,17)10-7-5-4-6-8-10/h4-8,11H,9H2,1-3H3/t11-/m0/s1. The van der Waals surface area contributed by atoms with Crippen molar-refractivity contribution < 1.29 is 22.1 Å². The topological polar surface area (TPSA) is 69.7 Å². The van der Waals surface area contributed by atoms with Crippen molar-refractivity contribution in [1.82, 2.24) is 0 Å². The zero-order chi connectivity index (χ0) is 15.4. The molecule has 5 nitrogen and oxygen atoms in total. The van der Waals surface area contributed by atoms with E-state index >= 15 is 0 Å². The van der Waals surface area contributed by atoms with Gasteiger partial charge in [-0.2, -0.15) is 8.42 Å². The number of benzene rings is 1. The molecule has 0 aliphatic carbocycles. The van der Waals surface area contributed by atoms with Crippen LogP contribution in [0.2, 0.25) is 0 Å². The SMILES string of the molecule is COC(=O)[C@H](CC(C)(C)Br)OS(=O)(=O)c1ccccc1. The number of alkyl halides is 1. The Morgan fingerprint density at radius 3 is 2.30 bits per heavy atom. The molecule has 0 radical (unpaired) electrons. The van der Waals surface area contributed by atoms with Gasteiger partial charge in [0.15, 0.2) is 6.10 Å². The lowest BCUT2D eigenvalue weighted by Gasteiger charge is -2.22. The molecule has 0 amide bonds. The molecule has 0 heterocycles. The number of rotatable bonds is 6. The first-order valence-corrected chi connectivity index (χ1v) is 8.11. The quantitative estimate of drug-likeness (QED) is 0.440. The maximum Gasteiger partial charge on any atom is 0.336 e. The summed E-state index contributed by atoms with van der Waals surface area (Å²) in [7, 11) is -2.82. The highest BCUT2D eigenvalue weighted by molar-refractivity contribution is 9.10. The van der Waals surface area contributed by atoms with Crippen molar-refractivity contribution in [3.63, 3.8) is 0 Å². The molecule has 1 rings (SSSR count). The molecule has 0 spiro atoms. The summed E-state index contributed by atoms with van der Waals surface area (Å²) in [6, 6.07) is 7.67.